The van der Waals surface area contributed by atoms with Gasteiger partial charge in [0, 0.05) is 24.3 Å². The number of morpholine rings is 1. The predicted octanol–water partition coefficient (Wildman–Crippen LogP) is 2.00. The summed E-state index contributed by atoms with van der Waals surface area (Å²) >= 11 is 0. The Kier molecular flexibility index (Phi) is 5.47. The lowest BCUT2D eigenvalue weighted by Gasteiger charge is -2.26. The standard InChI is InChI=1S/C18H20N2O4S/c21-18(15-4-2-1-3-5-15)14-19-16-6-8-17(9-7-16)25(22,23)20-10-12-24-13-11-20/h1-9,19H,10-14H2. The molecule has 2 aromatic carbocycles. The zero-order valence-corrected chi connectivity index (χ0v) is 14.5. The van der Waals surface area contributed by atoms with Crippen LogP contribution in [0.15, 0.2) is 59.5 Å². The van der Waals surface area contributed by atoms with Gasteiger partial charge in [0.2, 0.25) is 10.0 Å². The minimum atomic E-state index is -3.49. The maximum absolute atomic E-state index is 12.5. The Morgan fingerprint density at radius 3 is 2.28 bits per heavy atom. The lowest BCUT2D eigenvalue weighted by molar-refractivity contribution is 0.0730. The third-order valence-electron chi connectivity index (χ3n) is 4.01. The molecule has 6 nitrogen and oxygen atoms in total. The van der Waals surface area contributed by atoms with E-state index in [2.05, 4.69) is 5.32 Å². The van der Waals surface area contributed by atoms with Gasteiger partial charge in [0.15, 0.2) is 5.78 Å². The molecule has 132 valence electrons. The van der Waals surface area contributed by atoms with E-state index in [1.807, 2.05) is 18.2 Å². The van der Waals surface area contributed by atoms with Gasteiger partial charge in [-0.3, -0.25) is 4.79 Å². The molecule has 25 heavy (non-hydrogen) atoms. The van der Waals surface area contributed by atoms with Crippen molar-refractivity contribution >= 4 is 21.5 Å². The molecule has 0 spiro atoms. The van der Waals surface area contributed by atoms with Crippen LogP contribution in [-0.4, -0.2) is 51.4 Å². The second kappa shape index (κ2) is 7.77. The van der Waals surface area contributed by atoms with Crippen molar-refractivity contribution in [2.24, 2.45) is 0 Å². The quantitative estimate of drug-likeness (QED) is 0.798. The van der Waals surface area contributed by atoms with Gasteiger partial charge in [-0.1, -0.05) is 30.3 Å². The van der Waals surface area contributed by atoms with E-state index < -0.39 is 10.0 Å². The van der Waals surface area contributed by atoms with Gasteiger partial charge in [0.05, 0.1) is 24.7 Å². The van der Waals surface area contributed by atoms with Gasteiger partial charge in [0.1, 0.15) is 0 Å². The van der Waals surface area contributed by atoms with Crippen LogP contribution in [0, 0.1) is 0 Å². The van der Waals surface area contributed by atoms with Crippen LogP contribution in [0.1, 0.15) is 10.4 Å². The van der Waals surface area contributed by atoms with Crippen molar-refractivity contribution in [3.8, 4) is 0 Å². The van der Waals surface area contributed by atoms with Crippen molar-refractivity contribution in [2.75, 3.05) is 38.2 Å². The lowest BCUT2D eigenvalue weighted by atomic mass is 10.1. The van der Waals surface area contributed by atoms with Gasteiger partial charge in [-0.15, -0.1) is 0 Å². The third-order valence-corrected chi connectivity index (χ3v) is 5.92. The summed E-state index contributed by atoms with van der Waals surface area (Å²) in [7, 11) is -3.49. The number of hydrogen-bond donors (Lipinski definition) is 1. The SMILES string of the molecule is O=C(CNc1ccc(S(=O)(=O)N2CCOCC2)cc1)c1ccccc1. The van der Waals surface area contributed by atoms with E-state index in [0.717, 1.165) is 0 Å². The number of carbonyl (C=O) groups is 1. The van der Waals surface area contributed by atoms with E-state index >= 15 is 0 Å². The van der Waals surface area contributed by atoms with E-state index in [0.29, 0.717) is 37.6 Å². The molecule has 0 atom stereocenters. The fourth-order valence-corrected chi connectivity index (χ4v) is 4.00. The summed E-state index contributed by atoms with van der Waals surface area (Å²) in [6.07, 6.45) is 0. The van der Waals surface area contributed by atoms with Crippen LogP contribution in [0.3, 0.4) is 0 Å². The topological polar surface area (TPSA) is 75.7 Å². The van der Waals surface area contributed by atoms with Gasteiger partial charge in [0.25, 0.3) is 0 Å². The second-order valence-corrected chi connectivity index (χ2v) is 7.62. The number of hydrogen-bond acceptors (Lipinski definition) is 5. The van der Waals surface area contributed by atoms with Gasteiger partial charge in [-0.05, 0) is 24.3 Å². The Labute approximate surface area is 147 Å². The van der Waals surface area contributed by atoms with E-state index in [4.69, 9.17) is 4.74 Å². The summed E-state index contributed by atoms with van der Waals surface area (Å²) in [6.45, 7) is 1.72. The maximum atomic E-state index is 12.5. The molecule has 1 aliphatic rings. The highest BCUT2D eigenvalue weighted by molar-refractivity contribution is 7.89. The molecule has 0 amide bonds. The highest BCUT2D eigenvalue weighted by Crippen LogP contribution is 2.19. The lowest BCUT2D eigenvalue weighted by Crippen LogP contribution is -2.40. The zero-order chi connectivity index (χ0) is 17.7. The molecule has 1 N–H and O–H groups in total. The van der Waals surface area contributed by atoms with Crippen LogP contribution in [0.25, 0.3) is 0 Å². The zero-order valence-electron chi connectivity index (χ0n) is 13.7. The molecule has 0 unspecified atom stereocenters. The Morgan fingerprint density at radius 2 is 1.64 bits per heavy atom. The van der Waals surface area contributed by atoms with Gasteiger partial charge in [-0.25, -0.2) is 8.42 Å². The monoisotopic (exact) mass is 360 g/mol. The summed E-state index contributed by atoms with van der Waals surface area (Å²) in [5.41, 5.74) is 1.34. The number of anilines is 1. The summed E-state index contributed by atoms with van der Waals surface area (Å²) in [5, 5.41) is 3.02. The van der Waals surface area contributed by atoms with Crippen LogP contribution >= 0.6 is 0 Å². The van der Waals surface area contributed by atoms with E-state index in [1.54, 1.807) is 36.4 Å². The minimum Gasteiger partial charge on any atom is -0.379 e. The highest BCUT2D eigenvalue weighted by atomic mass is 32.2. The Balaban J connectivity index is 1.63. The molecule has 1 fully saturated rings. The van der Waals surface area contributed by atoms with Crippen LogP contribution in [0.2, 0.25) is 0 Å². The molecule has 1 aliphatic heterocycles. The minimum absolute atomic E-state index is 0.0226. The fraction of sp³-hybridized carbons (Fsp3) is 0.278. The second-order valence-electron chi connectivity index (χ2n) is 5.68. The normalized spacial score (nSPS) is 15.7. The first-order valence-electron chi connectivity index (χ1n) is 8.07. The molecule has 0 bridgehead atoms. The molecule has 1 saturated heterocycles. The number of ether oxygens (including phenoxy) is 1. The number of nitrogens with zero attached hydrogens (tertiary/aromatic N) is 1. The average molecular weight is 360 g/mol. The van der Waals surface area contributed by atoms with Crippen molar-refractivity contribution < 1.29 is 17.9 Å². The molecule has 2 aromatic rings. The summed E-state index contributed by atoms with van der Waals surface area (Å²) < 4.78 is 31.7. The van der Waals surface area contributed by atoms with Crippen LogP contribution in [0.4, 0.5) is 5.69 Å². The van der Waals surface area contributed by atoms with E-state index in [9.17, 15) is 13.2 Å². The predicted molar refractivity (Wildman–Crippen MR) is 95.3 cm³/mol. The first kappa shape index (κ1) is 17.6. The highest BCUT2D eigenvalue weighted by Gasteiger charge is 2.26. The molecule has 0 aromatic heterocycles. The van der Waals surface area contributed by atoms with Crippen molar-refractivity contribution in [3.05, 3.63) is 60.2 Å². The number of ketones is 1. The number of carbonyl (C=O) groups excluding carboxylic acids is 1. The third kappa shape index (κ3) is 4.25. The number of rotatable bonds is 6. The van der Waals surface area contributed by atoms with Crippen molar-refractivity contribution in [2.45, 2.75) is 4.90 Å². The molecule has 0 saturated carbocycles. The van der Waals surface area contributed by atoms with Crippen LogP contribution in [0.5, 0.6) is 0 Å². The Morgan fingerprint density at radius 1 is 1.00 bits per heavy atom. The number of sulfonamides is 1. The van der Waals surface area contributed by atoms with E-state index in [1.165, 1.54) is 4.31 Å². The maximum Gasteiger partial charge on any atom is 0.243 e. The van der Waals surface area contributed by atoms with E-state index in [-0.39, 0.29) is 17.2 Å². The van der Waals surface area contributed by atoms with Crippen LogP contribution < -0.4 is 5.32 Å². The first-order valence-corrected chi connectivity index (χ1v) is 9.51. The largest absolute Gasteiger partial charge is 0.379 e. The number of nitrogens with one attached hydrogen (secondary N) is 1. The number of Topliss-reactive ketones (excluding diaryl/α,β-unsaturated/α-hetero) is 1. The van der Waals surface area contributed by atoms with Gasteiger partial charge < -0.3 is 10.1 Å². The average Bonchev–Trinajstić information content (AvgIpc) is 2.68. The smallest absolute Gasteiger partial charge is 0.243 e. The van der Waals surface area contributed by atoms with Crippen molar-refractivity contribution in [1.29, 1.82) is 0 Å². The summed E-state index contributed by atoms with van der Waals surface area (Å²) in [5.74, 6) is -0.0226. The Bertz CT molecular complexity index is 814. The van der Waals surface area contributed by atoms with Gasteiger partial charge >= 0.3 is 0 Å². The Hall–Kier alpha value is -2.22. The molecule has 7 heteroatoms. The fourth-order valence-electron chi connectivity index (χ4n) is 2.59. The number of benzene rings is 2. The molecular formula is C18H20N2O4S. The molecule has 0 aliphatic carbocycles. The summed E-state index contributed by atoms with van der Waals surface area (Å²) in [4.78, 5) is 12.3. The van der Waals surface area contributed by atoms with Crippen molar-refractivity contribution in [3.63, 3.8) is 0 Å². The van der Waals surface area contributed by atoms with Crippen LogP contribution in [-0.2, 0) is 14.8 Å². The first-order chi connectivity index (χ1) is 12.1. The molecular weight excluding hydrogens is 340 g/mol. The molecule has 3 rings (SSSR count). The molecule has 1 heterocycles. The van der Waals surface area contributed by atoms with Gasteiger partial charge in [-0.2, -0.15) is 4.31 Å². The van der Waals surface area contributed by atoms with Crippen molar-refractivity contribution in [1.82, 2.24) is 4.31 Å². The molecule has 0 radical (unpaired) electrons. The summed E-state index contributed by atoms with van der Waals surface area (Å²) in [6, 6.07) is 15.5.